The van der Waals surface area contributed by atoms with Gasteiger partial charge < -0.3 is 14.7 Å². The highest BCUT2D eigenvalue weighted by Gasteiger charge is 2.23. The second-order valence-electron chi connectivity index (χ2n) is 6.93. The van der Waals surface area contributed by atoms with Gasteiger partial charge in [-0.1, -0.05) is 20.8 Å². The van der Waals surface area contributed by atoms with E-state index in [9.17, 15) is 9.90 Å². The number of carbonyl (C=O) groups excluding carboxylic acids is 1. The number of Topliss-reactive ketones (excluding diaryl/α,β-unsaturated/α-hetero) is 1. The van der Waals surface area contributed by atoms with E-state index in [1.807, 2.05) is 6.92 Å². The Labute approximate surface area is 139 Å². The number of piperidine rings is 1. The molecule has 0 radical (unpaired) electrons. The third-order valence-electron chi connectivity index (χ3n) is 4.35. The van der Waals surface area contributed by atoms with Crippen LogP contribution in [0.4, 0.5) is 0 Å². The molecule has 0 unspecified atom stereocenters. The number of benzene rings is 1. The quantitative estimate of drug-likeness (QED) is 0.785. The molecule has 1 aliphatic rings. The van der Waals surface area contributed by atoms with Crippen molar-refractivity contribution in [3.63, 3.8) is 0 Å². The average Bonchev–Trinajstić information content (AvgIpc) is 2.51. The second kappa shape index (κ2) is 8.46. The molecule has 0 amide bonds. The zero-order valence-electron chi connectivity index (χ0n) is 14.5. The molecular formula is C19H29NO3. The minimum atomic E-state index is -0.496. The van der Waals surface area contributed by atoms with Crippen LogP contribution in [0.3, 0.4) is 0 Å². The molecule has 1 saturated heterocycles. The fraction of sp³-hybridized carbons (Fsp3) is 0.632. The molecule has 2 rings (SSSR count). The van der Waals surface area contributed by atoms with Gasteiger partial charge in [-0.05, 0) is 42.5 Å². The first kappa shape index (κ1) is 18.0. The number of ketones is 1. The highest BCUT2D eigenvalue weighted by atomic mass is 16.5. The maximum Gasteiger partial charge on any atom is 0.162 e. The highest BCUT2D eigenvalue weighted by molar-refractivity contribution is 5.95. The number of β-amino-alcohol motifs (C(OH)–C–C–N with tert-alkyl or cyclic N) is 1. The van der Waals surface area contributed by atoms with E-state index < -0.39 is 6.10 Å². The minimum Gasteiger partial charge on any atom is -0.491 e. The molecule has 23 heavy (non-hydrogen) atoms. The third-order valence-corrected chi connectivity index (χ3v) is 4.35. The fourth-order valence-electron chi connectivity index (χ4n) is 3.43. The van der Waals surface area contributed by atoms with Gasteiger partial charge in [0, 0.05) is 31.6 Å². The van der Waals surface area contributed by atoms with Crippen LogP contribution in [0.5, 0.6) is 5.75 Å². The molecule has 1 aromatic rings. The van der Waals surface area contributed by atoms with Gasteiger partial charge in [0.1, 0.15) is 18.5 Å². The Balaban J connectivity index is 1.77. The Morgan fingerprint density at radius 3 is 2.43 bits per heavy atom. The number of ether oxygens (including phenoxy) is 1. The lowest BCUT2D eigenvalue weighted by Crippen LogP contribution is -2.43. The Morgan fingerprint density at radius 2 is 1.87 bits per heavy atom. The zero-order chi connectivity index (χ0) is 16.8. The number of likely N-dealkylation sites (tertiary alicyclic amines) is 1. The Bertz CT molecular complexity index is 490. The molecule has 4 heteroatoms. The van der Waals surface area contributed by atoms with Crippen molar-refractivity contribution in [3.8, 4) is 5.75 Å². The van der Waals surface area contributed by atoms with Gasteiger partial charge in [0.25, 0.3) is 0 Å². The second-order valence-corrected chi connectivity index (χ2v) is 6.93. The largest absolute Gasteiger partial charge is 0.491 e. The van der Waals surface area contributed by atoms with Gasteiger partial charge in [0.2, 0.25) is 0 Å². The summed E-state index contributed by atoms with van der Waals surface area (Å²) in [6.45, 7) is 9.42. The van der Waals surface area contributed by atoms with Crippen LogP contribution in [0.2, 0.25) is 0 Å². The lowest BCUT2D eigenvalue weighted by molar-refractivity contribution is 0.0429. The van der Waals surface area contributed by atoms with Crippen molar-refractivity contribution in [1.29, 1.82) is 0 Å². The summed E-state index contributed by atoms with van der Waals surface area (Å²) in [5.74, 6) is 2.20. The van der Waals surface area contributed by atoms with Crippen LogP contribution in [-0.2, 0) is 0 Å². The molecule has 1 fully saturated rings. The molecule has 1 aromatic carbocycles. The predicted molar refractivity (Wildman–Crippen MR) is 92.0 cm³/mol. The molecule has 0 aromatic heterocycles. The fourth-order valence-corrected chi connectivity index (χ4v) is 3.43. The van der Waals surface area contributed by atoms with Gasteiger partial charge >= 0.3 is 0 Å². The molecular weight excluding hydrogens is 290 g/mol. The number of aliphatic hydroxyl groups is 1. The molecule has 0 spiro atoms. The summed E-state index contributed by atoms with van der Waals surface area (Å²) in [4.78, 5) is 13.9. The summed E-state index contributed by atoms with van der Waals surface area (Å²) in [7, 11) is 0. The van der Waals surface area contributed by atoms with Gasteiger partial charge in [0.05, 0.1) is 0 Å². The van der Waals surface area contributed by atoms with E-state index in [2.05, 4.69) is 18.7 Å². The monoisotopic (exact) mass is 319 g/mol. The number of hydrogen-bond donors (Lipinski definition) is 1. The molecule has 1 aliphatic heterocycles. The van der Waals surface area contributed by atoms with Crippen molar-refractivity contribution in [3.05, 3.63) is 29.8 Å². The van der Waals surface area contributed by atoms with Crippen molar-refractivity contribution in [2.45, 2.75) is 39.7 Å². The standard InChI is InChI=1S/C19H29NO3/c1-4-19(22)16-5-7-18(8-6-16)23-13-17(21)12-20-10-14(2)9-15(3)11-20/h5-8,14-15,17,21H,4,9-13H2,1-3H3/t14-,15-,17+/m0/s1. The Morgan fingerprint density at radius 1 is 1.26 bits per heavy atom. The first-order valence-corrected chi connectivity index (χ1v) is 8.64. The number of nitrogens with zero attached hydrogens (tertiary/aromatic N) is 1. The van der Waals surface area contributed by atoms with E-state index in [1.165, 1.54) is 6.42 Å². The van der Waals surface area contributed by atoms with Gasteiger partial charge in [0.15, 0.2) is 5.78 Å². The molecule has 0 saturated carbocycles. The Hall–Kier alpha value is -1.39. The van der Waals surface area contributed by atoms with Crippen molar-refractivity contribution in [1.82, 2.24) is 4.90 Å². The van der Waals surface area contributed by atoms with Crippen LogP contribution < -0.4 is 4.74 Å². The molecule has 3 atom stereocenters. The maximum absolute atomic E-state index is 11.6. The normalized spacial score (nSPS) is 23.5. The van der Waals surface area contributed by atoms with Gasteiger partial charge in [-0.3, -0.25) is 4.79 Å². The maximum atomic E-state index is 11.6. The van der Waals surface area contributed by atoms with E-state index in [0.717, 1.165) is 13.1 Å². The van der Waals surface area contributed by atoms with E-state index >= 15 is 0 Å². The van der Waals surface area contributed by atoms with E-state index in [-0.39, 0.29) is 12.4 Å². The number of rotatable bonds is 7. The molecule has 128 valence electrons. The summed E-state index contributed by atoms with van der Waals surface area (Å²) in [6, 6.07) is 7.14. The number of aliphatic hydroxyl groups excluding tert-OH is 1. The third kappa shape index (κ3) is 5.63. The first-order chi connectivity index (χ1) is 11.0. The predicted octanol–water partition coefficient (Wildman–Crippen LogP) is 3.00. The topological polar surface area (TPSA) is 49.8 Å². The first-order valence-electron chi connectivity index (χ1n) is 8.64. The van der Waals surface area contributed by atoms with Crippen molar-refractivity contribution in [2.24, 2.45) is 11.8 Å². The number of hydrogen-bond acceptors (Lipinski definition) is 4. The van der Waals surface area contributed by atoms with Crippen molar-refractivity contribution in [2.75, 3.05) is 26.2 Å². The van der Waals surface area contributed by atoms with Crippen LogP contribution in [0.1, 0.15) is 44.0 Å². The number of carbonyl (C=O) groups is 1. The van der Waals surface area contributed by atoms with Gasteiger partial charge in [-0.2, -0.15) is 0 Å². The molecule has 4 nitrogen and oxygen atoms in total. The van der Waals surface area contributed by atoms with Crippen molar-refractivity contribution >= 4 is 5.78 Å². The van der Waals surface area contributed by atoms with Crippen LogP contribution in [-0.4, -0.2) is 48.1 Å². The summed E-state index contributed by atoms with van der Waals surface area (Å²) in [6.07, 6.45) is 1.28. The molecule has 1 N–H and O–H groups in total. The SMILES string of the molecule is CCC(=O)c1ccc(OC[C@H](O)CN2C[C@@H](C)C[C@H](C)C2)cc1. The lowest BCUT2D eigenvalue weighted by atomic mass is 9.92. The van der Waals surface area contributed by atoms with E-state index in [0.29, 0.717) is 36.1 Å². The summed E-state index contributed by atoms with van der Waals surface area (Å²) in [5.41, 5.74) is 0.705. The molecule has 0 aliphatic carbocycles. The van der Waals surface area contributed by atoms with Crippen LogP contribution in [0, 0.1) is 11.8 Å². The summed E-state index contributed by atoms with van der Waals surface area (Å²) < 4.78 is 5.64. The zero-order valence-corrected chi connectivity index (χ0v) is 14.5. The van der Waals surface area contributed by atoms with E-state index in [1.54, 1.807) is 24.3 Å². The van der Waals surface area contributed by atoms with Crippen LogP contribution in [0.15, 0.2) is 24.3 Å². The van der Waals surface area contributed by atoms with Gasteiger partial charge in [-0.15, -0.1) is 0 Å². The average molecular weight is 319 g/mol. The minimum absolute atomic E-state index is 0.130. The van der Waals surface area contributed by atoms with Crippen LogP contribution in [0.25, 0.3) is 0 Å². The summed E-state index contributed by atoms with van der Waals surface area (Å²) in [5, 5.41) is 10.2. The Kier molecular flexibility index (Phi) is 6.60. The summed E-state index contributed by atoms with van der Waals surface area (Å²) >= 11 is 0. The van der Waals surface area contributed by atoms with E-state index in [4.69, 9.17) is 4.74 Å². The molecule has 0 bridgehead atoms. The van der Waals surface area contributed by atoms with Crippen molar-refractivity contribution < 1.29 is 14.6 Å². The van der Waals surface area contributed by atoms with Gasteiger partial charge in [-0.25, -0.2) is 0 Å². The highest BCUT2D eigenvalue weighted by Crippen LogP contribution is 2.21. The lowest BCUT2D eigenvalue weighted by Gasteiger charge is -2.35. The molecule has 1 heterocycles. The smallest absolute Gasteiger partial charge is 0.162 e. The van der Waals surface area contributed by atoms with Crippen LogP contribution >= 0.6 is 0 Å².